The average molecular weight is 114 g/mol. The van der Waals surface area contributed by atoms with E-state index in [1.807, 2.05) is 13.0 Å². The Kier molecular flexibility index (Phi) is 4.67. The summed E-state index contributed by atoms with van der Waals surface area (Å²) in [5.74, 6) is 0. The van der Waals surface area contributed by atoms with E-state index in [4.69, 9.17) is 4.74 Å². The van der Waals surface area contributed by atoms with Gasteiger partial charge in [0.15, 0.2) is 0 Å². The number of methoxy groups -OCH3 is 1. The Morgan fingerprint density at radius 1 is 1.62 bits per heavy atom. The van der Waals surface area contributed by atoms with Gasteiger partial charge >= 0.3 is 0 Å². The fourth-order valence-electron chi connectivity index (χ4n) is 0.596. The summed E-state index contributed by atoms with van der Waals surface area (Å²) in [6.07, 6.45) is 5.44. The van der Waals surface area contributed by atoms with Crippen LogP contribution in [0.2, 0.25) is 0 Å². The minimum Gasteiger partial charge on any atom is -0.377 e. The summed E-state index contributed by atoms with van der Waals surface area (Å²) in [5, 5.41) is 0. The smallest absolute Gasteiger partial charge is 0.0749 e. The molecule has 8 heavy (non-hydrogen) atoms. The van der Waals surface area contributed by atoms with Gasteiger partial charge in [0.25, 0.3) is 0 Å². The summed E-state index contributed by atoms with van der Waals surface area (Å²) in [6, 6.07) is 0. The highest BCUT2D eigenvalue weighted by atomic mass is 16.5. The molecule has 0 aromatic heterocycles. The molecule has 0 saturated carbocycles. The van der Waals surface area contributed by atoms with Crippen molar-refractivity contribution in [3.63, 3.8) is 0 Å². The lowest BCUT2D eigenvalue weighted by Gasteiger charge is -2.04. The number of ether oxygens (including phenoxy) is 1. The third-order valence-corrected chi connectivity index (χ3v) is 1.11. The van der Waals surface area contributed by atoms with Gasteiger partial charge in [0.1, 0.15) is 0 Å². The highest BCUT2D eigenvalue weighted by Crippen LogP contribution is 1.96. The number of hydrogen-bond donors (Lipinski definition) is 0. The predicted octanol–water partition coefficient (Wildman–Crippen LogP) is 1.99. The van der Waals surface area contributed by atoms with E-state index in [2.05, 4.69) is 13.0 Å². The summed E-state index contributed by atoms with van der Waals surface area (Å²) < 4.78 is 5.05. The Hall–Kier alpha value is -0.300. The van der Waals surface area contributed by atoms with Gasteiger partial charge in [-0.05, 0) is 13.3 Å². The molecule has 0 rings (SSSR count). The monoisotopic (exact) mass is 114 g/mol. The molecule has 0 radical (unpaired) electrons. The zero-order valence-corrected chi connectivity index (χ0v) is 5.85. The summed E-state index contributed by atoms with van der Waals surface area (Å²) in [5.41, 5.74) is 0. The Morgan fingerprint density at radius 3 is 2.38 bits per heavy atom. The third-order valence-electron chi connectivity index (χ3n) is 1.11. The van der Waals surface area contributed by atoms with Gasteiger partial charge < -0.3 is 4.74 Å². The maximum atomic E-state index is 5.05. The van der Waals surface area contributed by atoms with Crippen LogP contribution in [0.3, 0.4) is 0 Å². The van der Waals surface area contributed by atoms with Crippen LogP contribution >= 0.6 is 0 Å². The van der Waals surface area contributed by atoms with Crippen molar-refractivity contribution in [2.75, 3.05) is 7.11 Å². The van der Waals surface area contributed by atoms with Crippen molar-refractivity contribution in [1.29, 1.82) is 0 Å². The van der Waals surface area contributed by atoms with Gasteiger partial charge in [-0.3, -0.25) is 0 Å². The molecule has 1 atom stereocenters. The second-order valence-electron chi connectivity index (χ2n) is 1.71. The van der Waals surface area contributed by atoms with Crippen molar-refractivity contribution in [1.82, 2.24) is 0 Å². The Bertz CT molecular complexity index is 62.8. The molecule has 0 aromatic rings. The molecule has 0 spiro atoms. The van der Waals surface area contributed by atoms with Gasteiger partial charge in [0, 0.05) is 7.11 Å². The van der Waals surface area contributed by atoms with E-state index in [9.17, 15) is 0 Å². The van der Waals surface area contributed by atoms with E-state index in [0.29, 0.717) is 6.10 Å². The van der Waals surface area contributed by atoms with Gasteiger partial charge in [-0.1, -0.05) is 19.1 Å². The van der Waals surface area contributed by atoms with Crippen molar-refractivity contribution in [2.24, 2.45) is 0 Å². The lowest BCUT2D eigenvalue weighted by atomic mass is 10.2. The highest BCUT2D eigenvalue weighted by molar-refractivity contribution is 4.85. The molecule has 0 aliphatic rings. The average Bonchev–Trinajstić information content (AvgIpc) is 1.83. The van der Waals surface area contributed by atoms with Crippen LogP contribution in [0, 0.1) is 0 Å². The second-order valence-corrected chi connectivity index (χ2v) is 1.71. The van der Waals surface area contributed by atoms with Crippen LogP contribution in [-0.4, -0.2) is 13.2 Å². The first-order chi connectivity index (χ1) is 3.85. The van der Waals surface area contributed by atoms with E-state index in [-0.39, 0.29) is 0 Å². The standard InChI is InChI=1S/C7H14O/c1-4-6-7(5-2)8-3/h4,6-7H,5H2,1-3H3/b6-4+/t7-/m0/s1. The second kappa shape index (κ2) is 4.85. The largest absolute Gasteiger partial charge is 0.377 e. The molecule has 0 bridgehead atoms. The summed E-state index contributed by atoms with van der Waals surface area (Å²) in [4.78, 5) is 0. The van der Waals surface area contributed by atoms with Crippen LogP contribution in [0.5, 0.6) is 0 Å². The first-order valence-corrected chi connectivity index (χ1v) is 3.00. The topological polar surface area (TPSA) is 9.23 Å². The van der Waals surface area contributed by atoms with E-state index in [0.717, 1.165) is 6.42 Å². The van der Waals surface area contributed by atoms with Gasteiger partial charge in [0.05, 0.1) is 6.10 Å². The molecule has 0 aliphatic carbocycles. The fraction of sp³-hybridized carbons (Fsp3) is 0.714. The van der Waals surface area contributed by atoms with Crippen molar-refractivity contribution in [3.05, 3.63) is 12.2 Å². The minimum atomic E-state index is 0.319. The van der Waals surface area contributed by atoms with Gasteiger partial charge in [-0.2, -0.15) is 0 Å². The van der Waals surface area contributed by atoms with Gasteiger partial charge in [-0.15, -0.1) is 0 Å². The van der Waals surface area contributed by atoms with Gasteiger partial charge in [0.2, 0.25) is 0 Å². The SMILES string of the molecule is C/C=C/[C@H](CC)OC. The molecule has 1 nitrogen and oxygen atoms in total. The summed E-state index contributed by atoms with van der Waals surface area (Å²) in [6.45, 7) is 4.11. The third kappa shape index (κ3) is 2.80. The Balaban J connectivity index is 3.36. The Labute approximate surface area is 51.4 Å². The minimum absolute atomic E-state index is 0.319. The quantitative estimate of drug-likeness (QED) is 0.510. The summed E-state index contributed by atoms with van der Waals surface area (Å²) >= 11 is 0. The molecule has 0 fully saturated rings. The van der Waals surface area contributed by atoms with Crippen LogP contribution in [0.25, 0.3) is 0 Å². The van der Waals surface area contributed by atoms with Crippen molar-refractivity contribution in [2.45, 2.75) is 26.4 Å². The van der Waals surface area contributed by atoms with Crippen LogP contribution in [-0.2, 0) is 4.74 Å². The fourth-order valence-corrected chi connectivity index (χ4v) is 0.596. The number of allylic oxidation sites excluding steroid dienone is 1. The number of rotatable bonds is 3. The lowest BCUT2D eigenvalue weighted by Crippen LogP contribution is -2.03. The van der Waals surface area contributed by atoms with E-state index >= 15 is 0 Å². The molecule has 1 heteroatoms. The zero-order chi connectivity index (χ0) is 6.41. The molecule has 48 valence electrons. The first kappa shape index (κ1) is 7.70. The summed E-state index contributed by atoms with van der Waals surface area (Å²) in [7, 11) is 1.73. The normalized spacial score (nSPS) is 14.9. The lowest BCUT2D eigenvalue weighted by molar-refractivity contribution is 0.138. The molecular formula is C7H14O. The zero-order valence-electron chi connectivity index (χ0n) is 5.85. The molecule has 0 heterocycles. The first-order valence-electron chi connectivity index (χ1n) is 3.00. The highest BCUT2D eigenvalue weighted by Gasteiger charge is 1.93. The molecule has 0 amide bonds. The molecule has 0 unspecified atom stereocenters. The Morgan fingerprint density at radius 2 is 2.25 bits per heavy atom. The molecule has 0 aliphatic heterocycles. The van der Waals surface area contributed by atoms with E-state index < -0.39 is 0 Å². The van der Waals surface area contributed by atoms with Crippen LogP contribution in [0.4, 0.5) is 0 Å². The number of hydrogen-bond acceptors (Lipinski definition) is 1. The van der Waals surface area contributed by atoms with E-state index in [1.165, 1.54) is 0 Å². The molecule has 0 N–H and O–H groups in total. The van der Waals surface area contributed by atoms with Crippen molar-refractivity contribution >= 4 is 0 Å². The van der Waals surface area contributed by atoms with E-state index in [1.54, 1.807) is 7.11 Å². The van der Waals surface area contributed by atoms with Crippen LogP contribution in [0.15, 0.2) is 12.2 Å². The maximum Gasteiger partial charge on any atom is 0.0749 e. The molecule has 0 aromatic carbocycles. The van der Waals surface area contributed by atoms with Crippen molar-refractivity contribution in [3.8, 4) is 0 Å². The predicted molar refractivity (Wildman–Crippen MR) is 35.9 cm³/mol. The molecular weight excluding hydrogens is 100 g/mol. The van der Waals surface area contributed by atoms with Gasteiger partial charge in [-0.25, -0.2) is 0 Å². The maximum absolute atomic E-state index is 5.05. The molecule has 0 saturated heterocycles. The van der Waals surface area contributed by atoms with Crippen LogP contribution in [0.1, 0.15) is 20.3 Å². The van der Waals surface area contributed by atoms with Crippen LogP contribution < -0.4 is 0 Å². The van der Waals surface area contributed by atoms with Crippen molar-refractivity contribution < 1.29 is 4.74 Å².